The fourth-order valence-electron chi connectivity index (χ4n) is 3.86. The van der Waals surface area contributed by atoms with Crippen LogP contribution in [0.1, 0.15) is 32.6 Å². The smallest absolute Gasteiger partial charge is 0.254 e. The number of hydrogen-bond donors (Lipinski definition) is 1. The van der Waals surface area contributed by atoms with Crippen LogP contribution in [0.4, 0.5) is 0 Å². The molecule has 0 aromatic rings. The highest BCUT2D eigenvalue weighted by Gasteiger charge is 2.49. The Morgan fingerprint density at radius 2 is 1.95 bits per heavy atom. The Hall–Kier alpha value is -1.14. The van der Waals surface area contributed by atoms with Gasteiger partial charge in [0.2, 0.25) is 5.91 Å². The Balaban J connectivity index is 1.67. The Kier molecular flexibility index (Phi) is 3.69. The van der Waals surface area contributed by atoms with Crippen molar-refractivity contribution in [2.75, 3.05) is 39.8 Å². The van der Waals surface area contributed by atoms with Crippen LogP contribution in [0.2, 0.25) is 0 Å². The third kappa shape index (κ3) is 2.34. The van der Waals surface area contributed by atoms with Crippen molar-refractivity contribution in [2.24, 2.45) is 0 Å². The maximum absolute atomic E-state index is 12.6. The van der Waals surface area contributed by atoms with E-state index in [2.05, 4.69) is 10.2 Å². The summed E-state index contributed by atoms with van der Waals surface area (Å²) in [5.41, 5.74) is -1.07. The molecule has 0 aliphatic carbocycles. The van der Waals surface area contributed by atoms with Gasteiger partial charge in [-0.1, -0.05) is 0 Å². The summed E-state index contributed by atoms with van der Waals surface area (Å²) in [6.07, 6.45) is 3.16. The fourth-order valence-corrected chi connectivity index (χ4v) is 3.86. The molecule has 0 saturated carbocycles. The highest BCUT2D eigenvalue weighted by Crippen LogP contribution is 2.33. The fraction of sp³-hybridized carbons (Fsp3) is 0.867. The summed E-state index contributed by atoms with van der Waals surface area (Å²) in [6, 6.07) is 0. The van der Waals surface area contributed by atoms with Crippen molar-refractivity contribution in [1.29, 1.82) is 0 Å². The van der Waals surface area contributed by atoms with E-state index in [1.165, 1.54) is 0 Å². The first-order chi connectivity index (χ1) is 9.98. The SMILES string of the molecule is CN1CCNC(=O)C12CCN(C(=O)C1(C)CCCO1)CC2. The van der Waals surface area contributed by atoms with Gasteiger partial charge in [0, 0.05) is 32.8 Å². The van der Waals surface area contributed by atoms with E-state index in [-0.39, 0.29) is 11.8 Å². The van der Waals surface area contributed by atoms with E-state index in [1.54, 1.807) is 0 Å². The van der Waals surface area contributed by atoms with Crippen molar-refractivity contribution >= 4 is 11.8 Å². The highest BCUT2D eigenvalue weighted by atomic mass is 16.5. The number of likely N-dealkylation sites (N-methyl/N-ethyl adjacent to an activating group) is 1. The number of likely N-dealkylation sites (tertiary alicyclic amines) is 1. The molecule has 3 saturated heterocycles. The molecule has 6 heteroatoms. The van der Waals surface area contributed by atoms with E-state index in [0.717, 1.165) is 19.4 Å². The van der Waals surface area contributed by atoms with Crippen molar-refractivity contribution in [2.45, 2.75) is 43.7 Å². The van der Waals surface area contributed by atoms with Crippen molar-refractivity contribution < 1.29 is 14.3 Å². The minimum atomic E-state index is -0.648. The molecule has 3 aliphatic heterocycles. The average molecular weight is 295 g/mol. The van der Waals surface area contributed by atoms with Gasteiger partial charge in [0.1, 0.15) is 11.1 Å². The number of ether oxygens (including phenoxy) is 1. The monoisotopic (exact) mass is 295 g/mol. The molecule has 0 aromatic carbocycles. The maximum Gasteiger partial charge on any atom is 0.254 e. The van der Waals surface area contributed by atoms with E-state index in [1.807, 2.05) is 18.9 Å². The van der Waals surface area contributed by atoms with Gasteiger partial charge >= 0.3 is 0 Å². The van der Waals surface area contributed by atoms with Crippen molar-refractivity contribution in [3.63, 3.8) is 0 Å². The van der Waals surface area contributed by atoms with E-state index in [0.29, 0.717) is 39.1 Å². The summed E-state index contributed by atoms with van der Waals surface area (Å²) in [6.45, 7) is 5.43. The summed E-state index contributed by atoms with van der Waals surface area (Å²) < 4.78 is 5.65. The Morgan fingerprint density at radius 3 is 2.52 bits per heavy atom. The first kappa shape index (κ1) is 14.8. The van der Waals surface area contributed by atoms with E-state index >= 15 is 0 Å². The normalized spacial score (nSPS) is 33.2. The van der Waals surface area contributed by atoms with Crippen LogP contribution >= 0.6 is 0 Å². The number of amides is 2. The summed E-state index contributed by atoms with van der Waals surface area (Å²) >= 11 is 0. The number of nitrogens with one attached hydrogen (secondary N) is 1. The number of piperidine rings is 1. The quantitative estimate of drug-likeness (QED) is 0.738. The molecule has 3 heterocycles. The molecule has 3 fully saturated rings. The van der Waals surface area contributed by atoms with Crippen molar-refractivity contribution in [3.05, 3.63) is 0 Å². The zero-order valence-corrected chi connectivity index (χ0v) is 13.0. The van der Waals surface area contributed by atoms with Gasteiger partial charge in [0.25, 0.3) is 5.91 Å². The molecule has 21 heavy (non-hydrogen) atoms. The minimum Gasteiger partial charge on any atom is -0.365 e. The third-order valence-corrected chi connectivity index (χ3v) is 5.44. The minimum absolute atomic E-state index is 0.0914. The first-order valence-corrected chi connectivity index (χ1v) is 7.91. The summed E-state index contributed by atoms with van der Waals surface area (Å²) in [4.78, 5) is 29.0. The number of carbonyl (C=O) groups excluding carboxylic acids is 2. The van der Waals surface area contributed by atoms with Crippen LogP contribution < -0.4 is 5.32 Å². The number of hydrogen-bond acceptors (Lipinski definition) is 4. The average Bonchev–Trinajstić information content (AvgIpc) is 2.93. The molecule has 1 unspecified atom stereocenters. The molecule has 3 rings (SSSR count). The van der Waals surface area contributed by atoms with Gasteiger partial charge in [-0.25, -0.2) is 0 Å². The number of carbonyl (C=O) groups is 2. The second-order valence-corrected chi connectivity index (χ2v) is 6.68. The molecule has 6 nitrogen and oxygen atoms in total. The van der Waals surface area contributed by atoms with Crippen LogP contribution in [0.15, 0.2) is 0 Å². The number of nitrogens with zero attached hydrogens (tertiary/aromatic N) is 2. The molecule has 0 bridgehead atoms. The first-order valence-electron chi connectivity index (χ1n) is 7.91. The predicted molar refractivity (Wildman–Crippen MR) is 77.8 cm³/mol. The van der Waals surface area contributed by atoms with Gasteiger partial charge in [-0.05, 0) is 39.7 Å². The van der Waals surface area contributed by atoms with Gasteiger partial charge < -0.3 is 15.0 Å². The largest absolute Gasteiger partial charge is 0.365 e. The molecular formula is C15H25N3O3. The van der Waals surface area contributed by atoms with Crippen LogP contribution in [0.3, 0.4) is 0 Å². The van der Waals surface area contributed by atoms with Gasteiger partial charge in [-0.3, -0.25) is 14.5 Å². The second-order valence-electron chi connectivity index (χ2n) is 6.68. The van der Waals surface area contributed by atoms with Gasteiger partial charge in [0.05, 0.1) is 0 Å². The Morgan fingerprint density at radius 1 is 1.24 bits per heavy atom. The summed E-state index contributed by atoms with van der Waals surface area (Å²) in [7, 11) is 2.01. The second kappa shape index (κ2) is 5.25. The lowest BCUT2D eigenvalue weighted by Crippen LogP contribution is -2.67. The third-order valence-electron chi connectivity index (χ3n) is 5.44. The zero-order valence-electron chi connectivity index (χ0n) is 13.0. The molecule has 2 amide bonds. The van der Waals surface area contributed by atoms with Crippen LogP contribution in [0.5, 0.6) is 0 Å². The summed E-state index contributed by atoms with van der Waals surface area (Å²) in [5, 5.41) is 2.97. The molecule has 0 radical (unpaired) electrons. The topological polar surface area (TPSA) is 61.9 Å². The lowest BCUT2D eigenvalue weighted by molar-refractivity contribution is -0.157. The molecule has 3 aliphatic rings. The van der Waals surface area contributed by atoms with Crippen LogP contribution in [0, 0.1) is 0 Å². The highest BCUT2D eigenvalue weighted by molar-refractivity contribution is 5.88. The molecule has 0 aromatic heterocycles. The van der Waals surface area contributed by atoms with Gasteiger partial charge in [-0.2, -0.15) is 0 Å². The van der Waals surface area contributed by atoms with E-state index in [9.17, 15) is 9.59 Å². The van der Waals surface area contributed by atoms with Gasteiger partial charge in [-0.15, -0.1) is 0 Å². The molecule has 1 atom stereocenters. The van der Waals surface area contributed by atoms with E-state index < -0.39 is 11.1 Å². The van der Waals surface area contributed by atoms with Gasteiger partial charge in [0.15, 0.2) is 0 Å². The molecule has 118 valence electrons. The predicted octanol–water partition coefficient (Wildman–Crippen LogP) is -0.0217. The van der Waals surface area contributed by atoms with E-state index in [4.69, 9.17) is 4.74 Å². The lowest BCUT2D eigenvalue weighted by Gasteiger charge is -2.49. The number of rotatable bonds is 1. The van der Waals surface area contributed by atoms with Crippen LogP contribution in [-0.4, -0.2) is 72.6 Å². The zero-order chi connectivity index (χ0) is 15.1. The Labute approximate surface area is 125 Å². The molecule has 1 spiro atoms. The maximum atomic E-state index is 12.6. The van der Waals surface area contributed by atoms with Crippen molar-refractivity contribution in [3.8, 4) is 0 Å². The van der Waals surface area contributed by atoms with Crippen LogP contribution in [0.25, 0.3) is 0 Å². The lowest BCUT2D eigenvalue weighted by atomic mass is 9.83. The van der Waals surface area contributed by atoms with Crippen LogP contribution in [-0.2, 0) is 14.3 Å². The Bertz CT molecular complexity index is 437. The molecule has 1 N–H and O–H groups in total. The summed E-state index contributed by atoms with van der Waals surface area (Å²) in [5.74, 6) is 0.209. The molecular weight excluding hydrogens is 270 g/mol. The number of piperazine rings is 1. The standard InChI is InChI=1S/C15H25N3O3/c1-14(4-3-11-21-14)13(20)18-8-5-15(6-9-18)12(19)16-7-10-17(15)2/h3-11H2,1-2H3,(H,16,19). The van der Waals surface area contributed by atoms with Crippen molar-refractivity contribution in [1.82, 2.24) is 15.1 Å².